The van der Waals surface area contributed by atoms with Crippen LogP contribution in [0.15, 0.2) is 22.5 Å². The van der Waals surface area contributed by atoms with E-state index in [1.807, 2.05) is 38.3 Å². The fraction of sp³-hybridized carbons (Fsp3) is 0.333. The smallest absolute Gasteiger partial charge is 0.229 e. The maximum atomic E-state index is 12.2. The highest BCUT2D eigenvalue weighted by Crippen LogP contribution is 2.28. The molecule has 0 saturated carbocycles. The average molecular weight is 322 g/mol. The fourth-order valence-corrected chi connectivity index (χ4v) is 3.57. The van der Waals surface area contributed by atoms with Gasteiger partial charge in [0.25, 0.3) is 0 Å². The maximum Gasteiger partial charge on any atom is 0.229 e. The molecule has 1 aromatic carbocycles. The van der Waals surface area contributed by atoms with Gasteiger partial charge in [0.15, 0.2) is 0 Å². The number of carbonyl (C=O) groups excluding carboxylic acids is 1. The van der Waals surface area contributed by atoms with Crippen molar-refractivity contribution in [3.63, 3.8) is 0 Å². The Morgan fingerprint density at radius 2 is 2.19 bits per heavy atom. The summed E-state index contributed by atoms with van der Waals surface area (Å²) in [5, 5.41) is 2.91. The number of anilines is 1. The first kappa shape index (κ1) is 15.9. The first-order valence-electron chi connectivity index (χ1n) is 6.48. The number of rotatable bonds is 5. The molecule has 1 amide bonds. The molecule has 1 N–H and O–H groups in total. The van der Waals surface area contributed by atoms with Crippen LogP contribution in [0.5, 0.6) is 5.75 Å². The van der Waals surface area contributed by atoms with Gasteiger partial charge < -0.3 is 10.1 Å². The lowest BCUT2D eigenvalue weighted by Gasteiger charge is -2.10. The predicted molar refractivity (Wildman–Crippen MR) is 88.7 cm³/mol. The Morgan fingerprint density at radius 1 is 1.43 bits per heavy atom. The Bertz CT molecular complexity index is 653. The van der Waals surface area contributed by atoms with Gasteiger partial charge in [-0.2, -0.15) is 0 Å². The number of hydrogen-bond donors (Lipinski definition) is 1. The Hall–Kier alpha value is -1.53. The van der Waals surface area contributed by atoms with Crippen LogP contribution in [-0.4, -0.2) is 24.3 Å². The van der Waals surface area contributed by atoms with Crippen LogP contribution in [0.3, 0.4) is 0 Å². The van der Waals surface area contributed by atoms with E-state index >= 15 is 0 Å². The Labute approximate surface area is 132 Å². The van der Waals surface area contributed by atoms with Crippen molar-refractivity contribution in [2.24, 2.45) is 0 Å². The van der Waals surface area contributed by atoms with Gasteiger partial charge in [-0.25, -0.2) is 4.98 Å². The number of thioether (sulfide) groups is 1. The van der Waals surface area contributed by atoms with Gasteiger partial charge in [0, 0.05) is 4.88 Å². The van der Waals surface area contributed by atoms with E-state index < -0.39 is 0 Å². The summed E-state index contributed by atoms with van der Waals surface area (Å²) in [6, 6.07) is 5.71. The Morgan fingerprint density at radius 3 is 2.81 bits per heavy atom. The number of hydrogen-bond acceptors (Lipinski definition) is 5. The van der Waals surface area contributed by atoms with Crippen molar-refractivity contribution >= 4 is 34.7 Å². The van der Waals surface area contributed by atoms with Gasteiger partial charge in [-0.1, -0.05) is 17.8 Å². The van der Waals surface area contributed by atoms with Gasteiger partial charge in [0.1, 0.15) is 10.1 Å². The van der Waals surface area contributed by atoms with Crippen molar-refractivity contribution in [2.75, 3.05) is 18.7 Å². The molecule has 0 aliphatic rings. The maximum absolute atomic E-state index is 12.2. The van der Waals surface area contributed by atoms with Crippen LogP contribution in [0.2, 0.25) is 0 Å². The normalized spacial score (nSPS) is 10.5. The largest absolute Gasteiger partial charge is 0.495 e. The number of nitrogens with zero attached hydrogens (tertiary/aromatic N) is 1. The minimum atomic E-state index is -0.0571. The van der Waals surface area contributed by atoms with Crippen LogP contribution in [0.1, 0.15) is 16.1 Å². The number of aryl methyl sites for hydroxylation is 2. The van der Waals surface area contributed by atoms with Crippen molar-refractivity contribution in [2.45, 2.75) is 24.6 Å². The van der Waals surface area contributed by atoms with Crippen molar-refractivity contribution in [3.8, 4) is 5.75 Å². The summed E-state index contributed by atoms with van der Waals surface area (Å²) < 4.78 is 6.26. The van der Waals surface area contributed by atoms with Crippen LogP contribution < -0.4 is 10.1 Å². The molecule has 112 valence electrons. The number of thiazole rings is 1. The SMILES string of the molecule is COc1ccc(C)cc1NC(=O)Cc1sc(SC)nc1C. The van der Waals surface area contributed by atoms with E-state index in [2.05, 4.69) is 10.3 Å². The lowest BCUT2D eigenvalue weighted by Crippen LogP contribution is -2.15. The monoisotopic (exact) mass is 322 g/mol. The number of nitrogens with one attached hydrogen (secondary N) is 1. The molecular weight excluding hydrogens is 304 g/mol. The van der Waals surface area contributed by atoms with E-state index in [1.54, 1.807) is 30.2 Å². The van der Waals surface area contributed by atoms with E-state index in [1.165, 1.54) is 0 Å². The summed E-state index contributed by atoms with van der Waals surface area (Å²) in [7, 11) is 1.60. The van der Waals surface area contributed by atoms with E-state index in [-0.39, 0.29) is 5.91 Å². The number of carbonyl (C=O) groups is 1. The molecule has 0 spiro atoms. The molecule has 21 heavy (non-hydrogen) atoms. The summed E-state index contributed by atoms with van der Waals surface area (Å²) >= 11 is 3.17. The molecule has 2 rings (SSSR count). The Balaban J connectivity index is 2.11. The molecule has 4 nitrogen and oxygen atoms in total. The number of amides is 1. The van der Waals surface area contributed by atoms with Crippen LogP contribution in [0.25, 0.3) is 0 Å². The molecule has 0 bridgehead atoms. The van der Waals surface area contributed by atoms with Gasteiger partial charge in [-0.3, -0.25) is 4.79 Å². The zero-order valence-electron chi connectivity index (χ0n) is 12.5. The average Bonchev–Trinajstić information content (AvgIpc) is 2.79. The van der Waals surface area contributed by atoms with Crippen LogP contribution >= 0.6 is 23.1 Å². The Kier molecular flexibility index (Phi) is 5.25. The van der Waals surface area contributed by atoms with Gasteiger partial charge in [-0.15, -0.1) is 11.3 Å². The van der Waals surface area contributed by atoms with Crippen LogP contribution in [0.4, 0.5) is 5.69 Å². The predicted octanol–water partition coefficient (Wildman–Crippen LogP) is 3.67. The van der Waals surface area contributed by atoms with E-state index in [9.17, 15) is 4.79 Å². The van der Waals surface area contributed by atoms with Gasteiger partial charge in [0.05, 0.1) is 24.9 Å². The summed E-state index contributed by atoms with van der Waals surface area (Å²) in [4.78, 5) is 17.6. The molecule has 0 aliphatic carbocycles. The topological polar surface area (TPSA) is 51.2 Å². The third-order valence-corrected chi connectivity index (χ3v) is 5.14. The number of ether oxygens (including phenoxy) is 1. The molecule has 0 atom stereocenters. The number of methoxy groups -OCH3 is 1. The van der Waals surface area contributed by atoms with E-state index in [0.29, 0.717) is 17.9 Å². The molecule has 0 saturated heterocycles. The number of aromatic nitrogens is 1. The minimum absolute atomic E-state index is 0.0571. The molecule has 6 heteroatoms. The standard InChI is InChI=1S/C15H18N2O2S2/c1-9-5-6-12(19-3)11(7-9)17-14(18)8-13-10(2)16-15(20-4)21-13/h5-7H,8H2,1-4H3,(H,17,18). The third-order valence-electron chi connectivity index (χ3n) is 3.00. The summed E-state index contributed by atoms with van der Waals surface area (Å²) in [5.74, 6) is 0.609. The first-order valence-corrected chi connectivity index (χ1v) is 8.52. The van der Waals surface area contributed by atoms with Gasteiger partial charge in [-0.05, 0) is 37.8 Å². The molecule has 0 radical (unpaired) electrons. The molecule has 0 fully saturated rings. The highest BCUT2D eigenvalue weighted by Gasteiger charge is 2.13. The van der Waals surface area contributed by atoms with Crippen molar-refractivity contribution < 1.29 is 9.53 Å². The molecule has 2 aromatic rings. The summed E-state index contributed by atoms with van der Waals surface area (Å²) in [5.41, 5.74) is 2.70. The molecule has 0 unspecified atom stereocenters. The molecule has 1 aromatic heterocycles. The fourth-order valence-electron chi connectivity index (χ4n) is 1.91. The second kappa shape index (κ2) is 6.95. The quantitative estimate of drug-likeness (QED) is 0.853. The minimum Gasteiger partial charge on any atom is -0.495 e. The first-order chi connectivity index (χ1) is 10.0. The third kappa shape index (κ3) is 3.98. The second-order valence-corrected chi connectivity index (χ2v) is 6.76. The highest BCUT2D eigenvalue weighted by molar-refractivity contribution is 8.00. The zero-order valence-corrected chi connectivity index (χ0v) is 14.2. The van der Waals surface area contributed by atoms with Crippen LogP contribution in [-0.2, 0) is 11.2 Å². The zero-order chi connectivity index (χ0) is 15.4. The van der Waals surface area contributed by atoms with E-state index in [4.69, 9.17) is 4.74 Å². The molecular formula is C15H18N2O2S2. The second-order valence-electron chi connectivity index (χ2n) is 4.62. The van der Waals surface area contributed by atoms with Crippen molar-refractivity contribution in [1.82, 2.24) is 4.98 Å². The summed E-state index contributed by atoms with van der Waals surface area (Å²) in [6.45, 7) is 3.92. The van der Waals surface area contributed by atoms with Crippen molar-refractivity contribution in [3.05, 3.63) is 34.3 Å². The lowest BCUT2D eigenvalue weighted by molar-refractivity contribution is -0.115. The number of benzene rings is 1. The molecule has 0 aliphatic heterocycles. The summed E-state index contributed by atoms with van der Waals surface area (Å²) in [6.07, 6.45) is 2.32. The lowest BCUT2D eigenvalue weighted by atomic mass is 10.2. The van der Waals surface area contributed by atoms with E-state index in [0.717, 1.165) is 20.5 Å². The van der Waals surface area contributed by atoms with Crippen molar-refractivity contribution in [1.29, 1.82) is 0 Å². The van der Waals surface area contributed by atoms with Gasteiger partial charge in [0.2, 0.25) is 5.91 Å². The van der Waals surface area contributed by atoms with Gasteiger partial charge >= 0.3 is 0 Å². The highest BCUT2D eigenvalue weighted by atomic mass is 32.2. The molecule has 1 heterocycles. The van der Waals surface area contributed by atoms with Crippen LogP contribution in [0, 0.1) is 13.8 Å².